The minimum atomic E-state index is -0.560. The van der Waals surface area contributed by atoms with Gasteiger partial charge in [-0.15, -0.1) is 0 Å². The van der Waals surface area contributed by atoms with Gasteiger partial charge in [-0.1, -0.05) is 5.16 Å². The van der Waals surface area contributed by atoms with Gasteiger partial charge in [0, 0.05) is 5.56 Å². The Morgan fingerprint density at radius 3 is 2.77 bits per heavy atom. The third-order valence-electron chi connectivity index (χ3n) is 2.94. The molecule has 2 heterocycles. The van der Waals surface area contributed by atoms with E-state index < -0.39 is 4.92 Å². The number of aromatic nitrogens is 4. The molecule has 0 N–H and O–H groups in total. The Hall–Kier alpha value is -3.23. The number of ether oxygens (including phenoxy) is 1. The van der Waals surface area contributed by atoms with Crippen LogP contribution in [0.1, 0.15) is 5.82 Å². The summed E-state index contributed by atoms with van der Waals surface area (Å²) in [6.07, 6.45) is 2.66. The highest BCUT2D eigenvalue weighted by atomic mass is 16.6. The molecule has 0 saturated carbocycles. The van der Waals surface area contributed by atoms with Crippen LogP contribution in [0.2, 0.25) is 0 Å². The van der Waals surface area contributed by atoms with E-state index >= 15 is 0 Å². The number of rotatable bonds is 5. The highest BCUT2D eigenvalue weighted by Crippen LogP contribution is 2.20. The molecule has 0 radical (unpaired) electrons. The molecule has 3 aromatic rings. The van der Waals surface area contributed by atoms with Crippen molar-refractivity contribution in [2.75, 3.05) is 7.11 Å². The average Bonchev–Trinajstić information content (AvgIpc) is 3.17. The lowest BCUT2D eigenvalue weighted by atomic mass is 10.2. The van der Waals surface area contributed by atoms with Crippen LogP contribution in [-0.2, 0) is 6.54 Å². The number of hydrogen-bond donors (Lipinski definition) is 0. The number of imidazole rings is 1. The van der Waals surface area contributed by atoms with Gasteiger partial charge in [0.05, 0.1) is 13.7 Å². The van der Waals surface area contributed by atoms with Crippen LogP contribution in [0.5, 0.6) is 5.75 Å². The van der Waals surface area contributed by atoms with E-state index in [1.54, 1.807) is 31.4 Å². The maximum atomic E-state index is 10.6. The van der Waals surface area contributed by atoms with Gasteiger partial charge >= 0.3 is 5.82 Å². The fourth-order valence-corrected chi connectivity index (χ4v) is 1.86. The molecule has 0 aliphatic carbocycles. The summed E-state index contributed by atoms with van der Waals surface area (Å²) in [6.45, 7) is 0.237. The summed E-state index contributed by atoms with van der Waals surface area (Å²) in [5, 5.41) is 14.4. The lowest BCUT2D eigenvalue weighted by Gasteiger charge is -1.98. The van der Waals surface area contributed by atoms with E-state index in [4.69, 9.17) is 9.26 Å². The average molecular weight is 301 g/mol. The summed E-state index contributed by atoms with van der Waals surface area (Å²) >= 11 is 0. The van der Waals surface area contributed by atoms with Gasteiger partial charge in [-0.05, 0) is 34.2 Å². The molecule has 2 aromatic heterocycles. The fourth-order valence-electron chi connectivity index (χ4n) is 1.86. The standard InChI is InChI=1S/C13H11N5O4/c1-21-10-4-2-9(3-5-10)13-15-11(16-22-13)6-17-7-12(14-8-17)18(19)20/h2-5,7-8H,6H2,1H3. The van der Waals surface area contributed by atoms with Crippen molar-refractivity contribution < 1.29 is 14.2 Å². The molecular weight excluding hydrogens is 290 g/mol. The Morgan fingerprint density at radius 1 is 1.36 bits per heavy atom. The van der Waals surface area contributed by atoms with Crippen molar-refractivity contribution in [2.45, 2.75) is 6.54 Å². The molecule has 112 valence electrons. The lowest BCUT2D eigenvalue weighted by molar-refractivity contribution is -0.389. The zero-order chi connectivity index (χ0) is 15.5. The van der Waals surface area contributed by atoms with Crippen LogP contribution in [0.3, 0.4) is 0 Å². The maximum absolute atomic E-state index is 10.6. The summed E-state index contributed by atoms with van der Waals surface area (Å²) in [5.41, 5.74) is 0.760. The van der Waals surface area contributed by atoms with Crippen LogP contribution in [-0.4, -0.2) is 31.7 Å². The zero-order valence-electron chi connectivity index (χ0n) is 11.5. The molecule has 0 unspecified atom stereocenters. The van der Waals surface area contributed by atoms with E-state index in [-0.39, 0.29) is 12.4 Å². The van der Waals surface area contributed by atoms with Gasteiger partial charge in [0.25, 0.3) is 5.89 Å². The van der Waals surface area contributed by atoms with E-state index in [2.05, 4.69) is 15.1 Å². The van der Waals surface area contributed by atoms with Gasteiger partial charge in [-0.25, -0.2) is 0 Å². The molecule has 0 fully saturated rings. The van der Waals surface area contributed by atoms with E-state index in [1.165, 1.54) is 17.1 Å². The molecule has 1 aromatic carbocycles. The van der Waals surface area contributed by atoms with Crippen molar-refractivity contribution in [1.82, 2.24) is 19.7 Å². The molecule has 0 saturated heterocycles. The normalized spacial score (nSPS) is 10.6. The first kappa shape index (κ1) is 13.7. The van der Waals surface area contributed by atoms with Crippen LogP contribution < -0.4 is 4.74 Å². The van der Waals surface area contributed by atoms with Crippen LogP contribution in [0.25, 0.3) is 11.5 Å². The Kier molecular flexibility index (Phi) is 3.52. The van der Waals surface area contributed by atoms with Crippen LogP contribution in [0.15, 0.2) is 41.3 Å². The van der Waals surface area contributed by atoms with Crippen molar-refractivity contribution in [3.05, 3.63) is 52.7 Å². The van der Waals surface area contributed by atoms with E-state index in [0.717, 1.165) is 11.3 Å². The fraction of sp³-hybridized carbons (Fsp3) is 0.154. The predicted octanol–water partition coefficient (Wildman–Crippen LogP) is 1.90. The molecule has 3 rings (SSSR count). The largest absolute Gasteiger partial charge is 0.497 e. The zero-order valence-corrected chi connectivity index (χ0v) is 11.5. The predicted molar refractivity (Wildman–Crippen MR) is 74.3 cm³/mol. The number of benzene rings is 1. The summed E-state index contributed by atoms with van der Waals surface area (Å²) in [5.74, 6) is 1.28. The van der Waals surface area contributed by atoms with Crippen LogP contribution >= 0.6 is 0 Å². The first-order chi connectivity index (χ1) is 10.7. The quantitative estimate of drug-likeness (QED) is 0.523. The topological polar surface area (TPSA) is 109 Å². The molecule has 0 bridgehead atoms. The first-order valence-corrected chi connectivity index (χ1v) is 6.29. The second kappa shape index (κ2) is 5.64. The van der Waals surface area contributed by atoms with Crippen LogP contribution in [0, 0.1) is 10.1 Å². The molecule has 0 atom stereocenters. The van der Waals surface area contributed by atoms with Gasteiger partial charge in [-0.3, -0.25) is 0 Å². The summed E-state index contributed by atoms with van der Waals surface area (Å²) in [6, 6.07) is 7.19. The SMILES string of the molecule is COc1ccc(-c2nc(Cn3cnc([N+](=O)[O-])c3)no2)cc1. The van der Waals surface area contributed by atoms with Gasteiger partial charge in [0.1, 0.15) is 11.9 Å². The first-order valence-electron chi connectivity index (χ1n) is 6.29. The van der Waals surface area contributed by atoms with Crippen molar-refractivity contribution >= 4 is 5.82 Å². The summed E-state index contributed by atoms with van der Waals surface area (Å²) in [4.78, 5) is 17.9. The van der Waals surface area contributed by atoms with Crippen molar-refractivity contribution in [1.29, 1.82) is 0 Å². The highest BCUT2D eigenvalue weighted by molar-refractivity contribution is 5.54. The third kappa shape index (κ3) is 2.77. The van der Waals surface area contributed by atoms with E-state index in [1.807, 2.05) is 0 Å². The minimum absolute atomic E-state index is 0.223. The third-order valence-corrected chi connectivity index (χ3v) is 2.94. The summed E-state index contributed by atoms with van der Waals surface area (Å²) < 4.78 is 11.8. The Morgan fingerprint density at radius 2 is 2.14 bits per heavy atom. The maximum Gasteiger partial charge on any atom is 0.381 e. The molecular formula is C13H11N5O4. The smallest absolute Gasteiger partial charge is 0.381 e. The Bertz CT molecular complexity index is 793. The lowest BCUT2D eigenvalue weighted by Crippen LogP contribution is -1.98. The van der Waals surface area contributed by atoms with Crippen molar-refractivity contribution in [3.8, 4) is 17.2 Å². The second-order valence-electron chi connectivity index (χ2n) is 4.41. The molecule has 0 spiro atoms. The van der Waals surface area contributed by atoms with Gasteiger partial charge in [-0.2, -0.15) is 4.98 Å². The van der Waals surface area contributed by atoms with Crippen LogP contribution in [0.4, 0.5) is 5.82 Å². The van der Waals surface area contributed by atoms with Gasteiger partial charge in [0.15, 0.2) is 5.82 Å². The molecule has 0 aliphatic heterocycles. The Balaban J connectivity index is 1.76. The molecule has 9 nitrogen and oxygen atoms in total. The highest BCUT2D eigenvalue weighted by Gasteiger charge is 2.13. The molecule has 22 heavy (non-hydrogen) atoms. The Labute approximate surface area is 124 Å². The van der Waals surface area contributed by atoms with Crippen molar-refractivity contribution in [2.24, 2.45) is 0 Å². The molecule has 0 amide bonds. The number of nitro groups is 1. The minimum Gasteiger partial charge on any atom is -0.497 e. The van der Waals surface area contributed by atoms with E-state index in [9.17, 15) is 10.1 Å². The molecule has 0 aliphatic rings. The van der Waals surface area contributed by atoms with E-state index in [0.29, 0.717) is 11.7 Å². The van der Waals surface area contributed by atoms with Crippen molar-refractivity contribution in [3.63, 3.8) is 0 Å². The number of methoxy groups -OCH3 is 1. The molecule has 9 heteroatoms. The number of nitrogens with zero attached hydrogens (tertiary/aromatic N) is 5. The second-order valence-corrected chi connectivity index (χ2v) is 4.41. The number of hydrogen-bond acceptors (Lipinski definition) is 7. The van der Waals surface area contributed by atoms with Gasteiger partial charge in [0.2, 0.25) is 6.33 Å². The van der Waals surface area contributed by atoms with Gasteiger partial charge < -0.3 is 23.9 Å². The summed E-state index contributed by atoms with van der Waals surface area (Å²) in [7, 11) is 1.59. The monoisotopic (exact) mass is 301 g/mol.